The maximum Gasteiger partial charge on any atom is 0.460 e. The van der Waals surface area contributed by atoms with Gasteiger partial charge in [0.25, 0.3) is 11.8 Å². The molecular formula is C32H8F26N2O3S4. The molecule has 0 amide bonds. The highest BCUT2D eigenvalue weighted by Gasteiger charge is 2.93. The van der Waals surface area contributed by atoms with E-state index in [-0.39, 0.29) is 64.1 Å². The predicted octanol–water partition coefficient (Wildman–Crippen LogP) is 14.8. The summed E-state index contributed by atoms with van der Waals surface area (Å²) >= 11 is 0.672. The first kappa shape index (κ1) is 53.4. The Morgan fingerprint density at radius 1 is 0.328 bits per heavy atom. The molecular weight excluding hydrogens is 1080 g/mol. The molecule has 0 fully saturated rings. The van der Waals surface area contributed by atoms with Gasteiger partial charge in [-0.1, -0.05) is 0 Å². The van der Waals surface area contributed by atoms with Crippen LogP contribution in [-0.2, 0) is 0 Å². The number of carbonyl (C=O) groups is 2. The van der Waals surface area contributed by atoms with Crippen molar-refractivity contribution in [1.29, 1.82) is 0 Å². The lowest BCUT2D eigenvalue weighted by molar-refractivity contribution is -0.435. The molecule has 5 rings (SSSR count). The zero-order chi connectivity index (χ0) is 51.5. The molecule has 0 unspecified atom stereocenters. The third-order valence-corrected chi connectivity index (χ3v) is 13.3. The van der Waals surface area contributed by atoms with Crippen LogP contribution in [0.2, 0.25) is 0 Å². The second kappa shape index (κ2) is 16.0. The second-order valence-corrected chi connectivity index (χ2v) is 17.3. The Labute approximate surface area is 365 Å². The van der Waals surface area contributed by atoms with Crippen LogP contribution in [-0.4, -0.2) is 93.3 Å². The summed E-state index contributed by atoms with van der Waals surface area (Å²) in [7, 11) is 0. The standard InChI is InChI=1S/C32H8F26N2O3S4/c33-21(34,23(37,38)25(41,42)27(45,46)29(49,50)31(53,54)55)17(61)13-5-1-9(64-13)11-3-7-15(66-11)19-59-60-20(63-19)16-8-4-12(67-16)10-2-6-14(65-10)18(62)22(35,36)24(39,40)26(43,44)28(47,48)30(51,52)32(56,57)58/h1-8H. The summed E-state index contributed by atoms with van der Waals surface area (Å²) < 4.78 is 357. The number of rotatable bonds is 16. The zero-order valence-electron chi connectivity index (χ0n) is 30.2. The van der Waals surface area contributed by atoms with Gasteiger partial charge in [0, 0.05) is 19.5 Å². The largest absolute Gasteiger partial charge is 0.460 e. The van der Waals surface area contributed by atoms with Crippen LogP contribution in [0.15, 0.2) is 52.9 Å². The topological polar surface area (TPSA) is 73.1 Å². The number of ketones is 2. The molecule has 5 nitrogen and oxygen atoms in total. The van der Waals surface area contributed by atoms with Gasteiger partial charge in [-0.2, -0.15) is 114 Å². The van der Waals surface area contributed by atoms with Crippen LogP contribution < -0.4 is 0 Å². The van der Waals surface area contributed by atoms with Crippen molar-refractivity contribution in [2.45, 2.75) is 71.6 Å². The molecule has 0 aliphatic rings. The number of carbonyl (C=O) groups excluding carboxylic acids is 2. The minimum atomic E-state index is -8.24. The van der Waals surface area contributed by atoms with Crippen molar-refractivity contribution in [3.8, 4) is 41.0 Å². The molecule has 5 aromatic rings. The van der Waals surface area contributed by atoms with E-state index in [0.29, 0.717) is 34.8 Å². The summed E-state index contributed by atoms with van der Waals surface area (Å²) in [5.41, 5.74) is 0. The average Bonchev–Trinajstić information content (AvgIpc) is 4.04. The Bertz CT molecular complexity index is 2490. The molecule has 0 N–H and O–H groups in total. The van der Waals surface area contributed by atoms with E-state index in [1.807, 2.05) is 0 Å². The van der Waals surface area contributed by atoms with Gasteiger partial charge < -0.3 is 4.42 Å². The summed E-state index contributed by atoms with van der Waals surface area (Å²) in [4.78, 5) is 20.1. The Hall–Kier alpha value is -4.54. The molecule has 0 bridgehead atoms. The molecule has 0 aliphatic carbocycles. The molecule has 35 heteroatoms. The third-order valence-electron chi connectivity index (χ3n) is 8.64. The van der Waals surface area contributed by atoms with Crippen molar-refractivity contribution in [3.05, 3.63) is 58.3 Å². The first-order valence-corrected chi connectivity index (χ1v) is 19.4. The summed E-state index contributed by atoms with van der Waals surface area (Å²) in [6.07, 6.45) is -15.3. The van der Waals surface area contributed by atoms with E-state index in [0.717, 1.165) is 24.3 Å². The molecule has 0 aliphatic heterocycles. The van der Waals surface area contributed by atoms with Crippen LogP contribution in [0, 0.1) is 0 Å². The van der Waals surface area contributed by atoms with E-state index < -0.39 is 105 Å². The third kappa shape index (κ3) is 7.84. The number of alkyl halides is 26. The summed E-state index contributed by atoms with van der Waals surface area (Å²) in [5, 5.41) is 7.31. The normalized spacial score (nSPS) is 14.8. The summed E-state index contributed by atoms with van der Waals surface area (Å²) in [6, 6.07) is 6.24. The smallest absolute Gasteiger partial charge is 0.414 e. The van der Waals surface area contributed by atoms with Crippen molar-refractivity contribution in [2.75, 3.05) is 0 Å². The van der Waals surface area contributed by atoms with Gasteiger partial charge in [-0.05, 0) is 48.5 Å². The predicted molar refractivity (Wildman–Crippen MR) is 178 cm³/mol. The SMILES string of the molecule is O=C(c1ccc(-c2ccc(-c3nnc(-c4ccc(-c5ccc(C(=O)C(F)(F)C(F)(F)C(F)(F)C(F)(F)C(F)(F)C(F)(F)F)s5)s4)o3)s2)s1)C(F)(F)C(F)(F)C(F)(F)C(F)(F)C(F)(F)C(F)(F)F. The number of thiophene rings is 4. The van der Waals surface area contributed by atoms with Crippen LogP contribution in [0.3, 0.4) is 0 Å². The lowest BCUT2D eigenvalue weighted by atomic mass is 9.92. The number of nitrogens with zero attached hydrogens (tertiary/aromatic N) is 2. The maximum atomic E-state index is 14.5. The van der Waals surface area contributed by atoms with Gasteiger partial charge in [0.15, 0.2) is 0 Å². The van der Waals surface area contributed by atoms with E-state index in [2.05, 4.69) is 10.2 Å². The Balaban J connectivity index is 1.33. The first-order chi connectivity index (χ1) is 29.9. The van der Waals surface area contributed by atoms with Crippen LogP contribution in [0.5, 0.6) is 0 Å². The lowest BCUT2D eigenvalue weighted by Crippen LogP contribution is -2.71. The van der Waals surface area contributed by atoms with Crippen LogP contribution in [0.25, 0.3) is 41.0 Å². The molecule has 0 aromatic carbocycles. The van der Waals surface area contributed by atoms with E-state index in [9.17, 15) is 124 Å². The molecule has 5 aromatic heterocycles. The number of Topliss-reactive ketones (excluding diaryl/α,β-unsaturated/α-hetero) is 2. The second-order valence-electron chi connectivity index (χ2n) is 13.0. The Morgan fingerprint density at radius 3 is 0.851 bits per heavy atom. The van der Waals surface area contributed by atoms with Crippen LogP contribution in [0.1, 0.15) is 19.3 Å². The summed E-state index contributed by atoms with van der Waals surface area (Å²) in [6.45, 7) is 0. The molecule has 370 valence electrons. The first-order valence-electron chi connectivity index (χ1n) is 16.2. The fraction of sp³-hybridized carbons (Fsp3) is 0.375. The summed E-state index contributed by atoms with van der Waals surface area (Å²) in [5.74, 6) is -86.5. The average molecular weight is 1090 g/mol. The monoisotopic (exact) mass is 1090 g/mol. The molecule has 0 saturated carbocycles. The minimum absolute atomic E-state index is 0.0688. The van der Waals surface area contributed by atoms with Crippen LogP contribution >= 0.6 is 45.3 Å². The number of aromatic nitrogens is 2. The quantitative estimate of drug-likeness (QED) is 0.0727. The Kier molecular flexibility index (Phi) is 12.8. The Morgan fingerprint density at radius 2 is 0.567 bits per heavy atom. The van der Waals surface area contributed by atoms with Gasteiger partial charge in [0.05, 0.1) is 19.5 Å². The van der Waals surface area contributed by atoms with Crippen molar-refractivity contribution in [2.24, 2.45) is 0 Å². The van der Waals surface area contributed by atoms with E-state index in [1.165, 1.54) is 0 Å². The highest BCUT2D eigenvalue weighted by Crippen LogP contribution is 2.62. The van der Waals surface area contributed by atoms with Gasteiger partial charge in [-0.3, -0.25) is 9.59 Å². The van der Waals surface area contributed by atoms with Crippen LogP contribution in [0.4, 0.5) is 114 Å². The maximum absolute atomic E-state index is 14.5. The van der Waals surface area contributed by atoms with Gasteiger partial charge in [-0.15, -0.1) is 55.5 Å². The fourth-order valence-corrected chi connectivity index (χ4v) is 8.90. The van der Waals surface area contributed by atoms with Gasteiger partial charge in [-0.25, -0.2) is 0 Å². The number of halogens is 26. The molecule has 0 atom stereocenters. The number of hydrogen-bond donors (Lipinski definition) is 0. The minimum Gasteiger partial charge on any atom is -0.414 e. The molecule has 67 heavy (non-hydrogen) atoms. The molecule has 0 spiro atoms. The highest BCUT2D eigenvalue weighted by atomic mass is 32.1. The molecule has 5 heterocycles. The zero-order valence-corrected chi connectivity index (χ0v) is 33.5. The molecule has 0 radical (unpaired) electrons. The lowest BCUT2D eigenvalue weighted by Gasteiger charge is -2.39. The van der Waals surface area contributed by atoms with E-state index in [1.54, 1.807) is 0 Å². The fourth-order valence-electron chi connectivity index (χ4n) is 4.91. The van der Waals surface area contributed by atoms with Crippen molar-refractivity contribution in [1.82, 2.24) is 10.2 Å². The van der Waals surface area contributed by atoms with E-state index >= 15 is 0 Å². The van der Waals surface area contributed by atoms with Crippen molar-refractivity contribution >= 4 is 56.9 Å². The van der Waals surface area contributed by atoms with Gasteiger partial charge in [0.1, 0.15) is 0 Å². The molecule has 0 saturated heterocycles. The van der Waals surface area contributed by atoms with Gasteiger partial charge >= 0.3 is 71.6 Å². The van der Waals surface area contributed by atoms with E-state index in [4.69, 9.17) is 4.42 Å². The number of hydrogen-bond acceptors (Lipinski definition) is 9. The van der Waals surface area contributed by atoms with Gasteiger partial charge in [0.2, 0.25) is 11.6 Å². The highest BCUT2D eigenvalue weighted by molar-refractivity contribution is 7.25. The van der Waals surface area contributed by atoms with Crippen molar-refractivity contribution in [3.63, 3.8) is 0 Å². The van der Waals surface area contributed by atoms with Crippen molar-refractivity contribution < 1.29 is 128 Å².